The van der Waals surface area contributed by atoms with Gasteiger partial charge in [0.25, 0.3) is 15.9 Å². The minimum atomic E-state index is -4.00. The number of sulfonamides is 1. The van der Waals surface area contributed by atoms with Gasteiger partial charge in [-0.15, -0.1) is 10.2 Å². The van der Waals surface area contributed by atoms with E-state index < -0.39 is 15.8 Å². The van der Waals surface area contributed by atoms with E-state index in [1.54, 1.807) is 4.90 Å². The number of para-hydroxylation sites is 1. The highest BCUT2D eigenvalue weighted by molar-refractivity contribution is 7.92. The highest BCUT2D eigenvalue weighted by Gasteiger charge is 2.33. The van der Waals surface area contributed by atoms with E-state index >= 15 is 0 Å². The molecule has 1 aliphatic heterocycles. The summed E-state index contributed by atoms with van der Waals surface area (Å²) < 4.78 is 43.2. The lowest BCUT2D eigenvalue weighted by Crippen LogP contribution is -2.31. The van der Waals surface area contributed by atoms with Crippen molar-refractivity contribution in [1.29, 1.82) is 0 Å². The number of pyridine rings is 1. The van der Waals surface area contributed by atoms with Crippen LogP contribution in [0.25, 0.3) is 5.65 Å². The topological polar surface area (TPSA) is 96.7 Å². The van der Waals surface area contributed by atoms with Gasteiger partial charge in [0.2, 0.25) is 0 Å². The Bertz CT molecular complexity index is 1440. The number of nitrogens with zero attached hydrogens (tertiary/aromatic N) is 4. The predicted molar refractivity (Wildman–Crippen MR) is 120 cm³/mol. The number of fused-ring (bicyclic) bond motifs is 1. The summed E-state index contributed by atoms with van der Waals surface area (Å²) in [6.07, 6.45) is 3.46. The van der Waals surface area contributed by atoms with Crippen LogP contribution in [0.4, 0.5) is 10.1 Å². The van der Waals surface area contributed by atoms with Gasteiger partial charge >= 0.3 is 0 Å². The van der Waals surface area contributed by atoms with Crippen LogP contribution in [0, 0.1) is 5.82 Å². The first-order valence-corrected chi connectivity index (χ1v) is 11.9. The number of hydrogen-bond donors (Lipinski definition) is 1. The Kier molecular flexibility index (Phi) is 5.29. The lowest BCUT2D eigenvalue weighted by atomic mass is 10.1. The molecule has 1 fully saturated rings. The van der Waals surface area contributed by atoms with E-state index in [0.29, 0.717) is 23.6 Å². The Morgan fingerprint density at radius 3 is 2.55 bits per heavy atom. The zero-order valence-electron chi connectivity index (χ0n) is 17.4. The highest BCUT2D eigenvalue weighted by Crippen LogP contribution is 2.32. The number of amides is 1. The maximum atomic E-state index is 13.8. The van der Waals surface area contributed by atoms with Crippen LogP contribution < -0.4 is 4.72 Å². The van der Waals surface area contributed by atoms with Gasteiger partial charge in [-0.05, 0) is 61.4 Å². The van der Waals surface area contributed by atoms with Gasteiger partial charge in [-0.3, -0.25) is 13.9 Å². The van der Waals surface area contributed by atoms with Crippen LogP contribution in [-0.4, -0.2) is 40.4 Å². The summed E-state index contributed by atoms with van der Waals surface area (Å²) in [5.74, 6) is -0.185. The van der Waals surface area contributed by atoms with Gasteiger partial charge in [-0.1, -0.05) is 18.2 Å². The molecule has 0 spiro atoms. The van der Waals surface area contributed by atoms with Crippen LogP contribution >= 0.6 is 0 Å². The molecule has 3 heterocycles. The first kappa shape index (κ1) is 21.1. The third-order valence-electron chi connectivity index (χ3n) is 5.68. The molecule has 0 bridgehead atoms. The molecule has 1 N–H and O–H groups in total. The molecule has 1 amide bonds. The van der Waals surface area contributed by atoms with Crippen molar-refractivity contribution < 1.29 is 17.6 Å². The molecular formula is C23H20FN5O3S. The number of aromatic nitrogens is 3. The van der Waals surface area contributed by atoms with Crippen molar-refractivity contribution in [3.8, 4) is 0 Å². The number of halogens is 1. The molecule has 1 unspecified atom stereocenters. The minimum Gasteiger partial charge on any atom is -0.328 e. The SMILES string of the molecule is O=C(c1ccc(S(=O)(=O)Nc2ccccc2F)cc1)N1CCCC1c1nnc2ccccn12. The molecule has 0 radical (unpaired) electrons. The lowest BCUT2D eigenvalue weighted by Gasteiger charge is -2.23. The summed E-state index contributed by atoms with van der Waals surface area (Å²) in [6, 6.07) is 16.5. The molecule has 0 saturated carbocycles. The van der Waals surface area contributed by atoms with Crippen molar-refractivity contribution in [1.82, 2.24) is 19.5 Å². The Morgan fingerprint density at radius 1 is 1.00 bits per heavy atom. The zero-order chi connectivity index (χ0) is 23.0. The molecule has 8 nitrogen and oxygen atoms in total. The monoisotopic (exact) mass is 465 g/mol. The molecule has 2 aromatic carbocycles. The molecule has 0 aliphatic carbocycles. The average Bonchev–Trinajstić information content (AvgIpc) is 3.47. The minimum absolute atomic E-state index is 0.0660. The van der Waals surface area contributed by atoms with Crippen LogP contribution in [0.2, 0.25) is 0 Å². The molecule has 4 aromatic rings. The second-order valence-electron chi connectivity index (χ2n) is 7.75. The number of carbonyl (C=O) groups excluding carboxylic acids is 1. The van der Waals surface area contributed by atoms with Crippen LogP contribution in [0.1, 0.15) is 35.1 Å². The summed E-state index contributed by atoms with van der Waals surface area (Å²) in [6.45, 7) is 0.570. The third-order valence-corrected chi connectivity index (χ3v) is 7.06. The van der Waals surface area contributed by atoms with Crippen molar-refractivity contribution in [2.24, 2.45) is 0 Å². The van der Waals surface area contributed by atoms with Gasteiger partial charge in [0.05, 0.1) is 16.6 Å². The second-order valence-corrected chi connectivity index (χ2v) is 9.44. The van der Waals surface area contributed by atoms with E-state index in [2.05, 4.69) is 14.9 Å². The van der Waals surface area contributed by atoms with Crippen LogP contribution in [-0.2, 0) is 10.0 Å². The molecule has 10 heteroatoms. The number of carbonyl (C=O) groups is 1. The van der Waals surface area contributed by atoms with E-state index in [4.69, 9.17) is 0 Å². The number of nitrogens with one attached hydrogen (secondary N) is 1. The largest absolute Gasteiger partial charge is 0.328 e. The lowest BCUT2D eigenvalue weighted by molar-refractivity contribution is 0.0729. The summed E-state index contributed by atoms with van der Waals surface area (Å²) in [4.78, 5) is 14.9. The Hall–Kier alpha value is -3.79. The van der Waals surface area contributed by atoms with Crippen molar-refractivity contribution in [2.75, 3.05) is 11.3 Å². The van der Waals surface area contributed by atoms with Gasteiger partial charge in [0.15, 0.2) is 11.5 Å². The number of benzene rings is 2. The van der Waals surface area contributed by atoms with Gasteiger partial charge in [0.1, 0.15) is 5.82 Å². The van der Waals surface area contributed by atoms with E-state index in [1.807, 2.05) is 28.8 Å². The third kappa shape index (κ3) is 3.93. The summed E-state index contributed by atoms with van der Waals surface area (Å²) >= 11 is 0. The number of rotatable bonds is 5. The first-order valence-electron chi connectivity index (χ1n) is 10.4. The number of anilines is 1. The average molecular weight is 466 g/mol. The number of likely N-dealkylation sites (tertiary alicyclic amines) is 1. The van der Waals surface area contributed by atoms with Gasteiger partial charge in [0, 0.05) is 18.3 Å². The maximum absolute atomic E-state index is 13.8. The molecule has 1 aliphatic rings. The molecule has 5 rings (SSSR count). The summed E-state index contributed by atoms with van der Waals surface area (Å²) in [7, 11) is -4.00. The van der Waals surface area contributed by atoms with Gasteiger partial charge < -0.3 is 4.90 Å². The molecule has 1 saturated heterocycles. The van der Waals surface area contributed by atoms with Gasteiger partial charge in [-0.2, -0.15) is 0 Å². The van der Waals surface area contributed by atoms with E-state index in [1.165, 1.54) is 48.5 Å². The fourth-order valence-electron chi connectivity index (χ4n) is 4.06. The van der Waals surface area contributed by atoms with Crippen LogP contribution in [0.3, 0.4) is 0 Å². The molecule has 2 aromatic heterocycles. The Labute approximate surface area is 189 Å². The summed E-state index contributed by atoms with van der Waals surface area (Å²) in [5, 5.41) is 8.48. The van der Waals surface area contributed by atoms with Gasteiger partial charge in [-0.25, -0.2) is 12.8 Å². The quantitative estimate of drug-likeness (QED) is 0.485. The first-order chi connectivity index (χ1) is 15.9. The number of hydrogen-bond acceptors (Lipinski definition) is 5. The van der Waals surface area contributed by atoms with Crippen LogP contribution in [0.5, 0.6) is 0 Å². The molecule has 168 valence electrons. The molecular weight excluding hydrogens is 445 g/mol. The highest BCUT2D eigenvalue weighted by atomic mass is 32.2. The van der Waals surface area contributed by atoms with Crippen molar-refractivity contribution >= 4 is 27.3 Å². The Morgan fingerprint density at radius 2 is 1.76 bits per heavy atom. The molecule has 1 atom stereocenters. The predicted octanol–water partition coefficient (Wildman–Crippen LogP) is 3.65. The smallest absolute Gasteiger partial charge is 0.261 e. The normalized spacial score (nSPS) is 16.3. The molecule has 33 heavy (non-hydrogen) atoms. The zero-order valence-corrected chi connectivity index (χ0v) is 18.2. The van der Waals surface area contributed by atoms with Crippen molar-refractivity contribution in [3.63, 3.8) is 0 Å². The van der Waals surface area contributed by atoms with E-state index in [0.717, 1.165) is 12.8 Å². The fraction of sp³-hybridized carbons (Fsp3) is 0.174. The van der Waals surface area contributed by atoms with Crippen LogP contribution in [0.15, 0.2) is 77.8 Å². The maximum Gasteiger partial charge on any atom is 0.261 e. The van der Waals surface area contributed by atoms with E-state index in [9.17, 15) is 17.6 Å². The Balaban J connectivity index is 1.37. The standard InChI is InChI=1S/C23H20FN5O3S/c24-18-6-1-2-7-19(18)27-33(31,32)17-12-10-16(11-13-17)23(30)28-15-5-8-20(28)22-26-25-21-9-3-4-14-29(21)22/h1-4,6-7,9-14,20,27H,5,8,15H2. The van der Waals surface area contributed by atoms with Crippen molar-refractivity contribution in [3.05, 3.63) is 90.1 Å². The van der Waals surface area contributed by atoms with Crippen molar-refractivity contribution in [2.45, 2.75) is 23.8 Å². The second kappa shape index (κ2) is 8.28. The fourth-order valence-corrected chi connectivity index (χ4v) is 5.12. The van der Waals surface area contributed by atoms with E-state index in [-0.39, 0.29) is 22.5 Å². The summed E-state index contributed by atoms with van der Waals surface area (Å²) in [5.41, 5.74) is 0.933.